The van der Waals surface area contributed by atoms with E-state index in [0.717, 1.165) is 6.07 Å². The summed E-state index contributed by atoms with van der Waals surface area (Å²) in [5.74, 6) is -1.17. The fraction of sp³-hybridized carbons (Fsp3) is 0. The number of hydrazone groups is 1. The third kappa shape index (κ3) is 3.32. The quantitative estimate of drug-likeness (QED) is 0.591. The molecule has 0 aromatic heterocycles. The van der Waals surface area contributed by atoms with Gasteiger partial charge in [0.05, 0.1) is 6.21 Å². The van der Waals surface area contributed by atoms with Crippen molar-refractivity contribution in [1.82, 2.24) is 5.43 Å². The van der Waals surface area contributed by atoms with Crippen molar-refractivity contribution in [2.75, 3.05) is 0 Å². The van der Waals surface area contributed by atoms with E-state index in [1.807, 2.05) is 0 Å². The van der Waals surface area contributed by atoms with Crippen molar-refractivity contribution >= 4 is 12.1 Å². The third-order valence-corrected chi connectivity index (χ3v) is 2.49. The fourth-order valence-electron chi connectivity index (χ4n) is 1.47. The molecule has 0 fully saturated rings. The number of nitrogens with one attached hydrogen (secondary N) is 1. The number of nitrogens with zero attached hydrogens (tertiary/aromatic N) is 1. The maximum absolute atomic E-state index is 12.7. The van der Waals surface area contributed by atoms with E-state index < -0.39 is 11.7 Å². The van der Waals surface area contributed by atoms with Crippen LogP contribution < -0.4 is 5.43 Å². The lowest BCUT2D eigenvalue weighted by Crippen LogP contribution is -2.17. The summed E-state index contributed by atoms with van der Waals surface area (Å²) in [7, 11) is 0. The number of halogens is 1. The molecular weight excluding hydrogens is 263 g/mol. The number of aromatic hydroxyl groups is 2. The molecular formula is C14H11FN2O3. The lowest BCUT2D eigenvalue weighted by Gasteiger charge is -2.01. The van der Waals surface area contributed by atoms with Crippen molar-refractivity contribution in [3.8, 4) is 11.5 Å². The van der Waals surface area contributed by atoms with E-state index in [-0.39, 0.29) is 17.1 Å². The summed E-state index contributed by atoms with van der Waals surface area (Å²) >= 11 is 0. The number of hydrogen-bond donors (Lipinski definition) is 3. The van der Waals surface area contributed by atoms with Gasteiger partial charge in [0.25, 0.3) is 5.91 Å². The maximum atomic E-state index is 12.7. The number of phenols is 2. The van der Waals surface area contributed by atoms with Gasteiger partial charge in [0.2, 0.25) is 0 Å². The monoisotopic (exact) mass is 274 g/mol. The molecule has 0 unspecified atom stereocenters. The largest absolute Gasteiger partial charge is 0.508 e. The van der Waals surface area contributed by atoms with Gasteiger partial charge in [-0.15, -0.1) is 0 Å². The highest BCUT2D eigenvalue weighted by atomic mass is 19.1. The van der Waals surface area contributed by atoms with E-state index in [1.165, 1.54) is 42.6 Å². The average molecular weight is 274 g/mol. The zero-order chi connectivity index (χ0) is 14.5. The van der Waals surface area contributed by atoms with Crippen molar-refractivity contribution in [2.24, 2.45) is 5.10 Å². The second kappa shape index (κ2) is 5.83. The lowest BCUT2D eigenvalue weighted by atomic mass is 10.2. The van der Waals surface area contributed by atoms with Crippen LogP contribution in [0.2, 0.25) is 0 Å². The first-order chi connectivity index (χ1) is 9.56. The Balaban J connectivity index is 2.02. The Morgan fingerprint density at radius 3 is 2.50 bits per heavy atom. The third-order valence-electron chi connectivity index (χ3n) is 2.49. The summed E-state index contributed by atoms with van der Waals surface area (Å²) < 4.78 is 12.7. The molecule has 0 bridgehead atoms. The molecule has 2 aromatic rings. The van der Waals surface area contributed by atoms with Crippen LogP contribution in [0.5, 0.6) is 11.5 Å². The van der Waals surface area contributed by atoms with E-state index in [2.05, 4.69) is 10.5 Å². The van der Waals surface area contributed by atoms with Crippen LogP contribution in [0.3, 0.4) is 0 Å². The first-order valence-corrected chi connectivity index (χ1v) is 5.67. The topological polar surface area (TPSA) is 81.9 Å². The lowest BCUT2D eigenvalue weighted by molar-refractivity contribution is 0.0955. The maximum Gasteiger partial charge on any atom is 0.271 e. The van der Waals surface area contributed by atoms with Crippen LogP contribution in [-0.4, -0.2) is 22.3 Å². The van der Waals surface area contributed by atoms with Crippen LogP contribution in [0.1, 0.15) is 15.9 Å². The van der Waals surface area contributed by atoms with Gasteiger partial charge >= 0.3 is 0 Å². The molecule has 0 aliphatic rings. The molecule has 0 aliphatic heterocycles. The Labute approximate surface area is 114 Å². The van der Waals surface area contributed by atoms with E-state index >= 15 is 0 Å². The van der Waals surface area contributed by atoms with Gasteiger partial charge < -0.3 is 10.2 Å². The second-order valence-electron chi connectivity index (χ2n) is 3.95. The molecule has 3 N–H and O–H groups in total. The molecule has 20 heavy (non-hydrogen) atoms. The number of rotatable bonds is 3. The summed E-state index contributed by atoms with van der Waals surface area (Å²) in [4.78, 5) is 11.6. The van der Waals surface area contributed by atoms with Crippen molar-refractivity contribution in [1.29, 1.82) is 0 Å². The van der Waals surface area contributed by atoms with Crippen LogP contribution >= 0.6 is 0 Å². The minimum Gasteiger partial charge on any atom is -0.508 e. The Kier molecular flexibility index (Phi) is 3.95. The highest BCUT2D eigenvalue weighted by Crippen LogP contribution is 2.20. The van der Waals surface area contributed by atoms with Crippen molar-refractivity contribution in [3.05, 3.63) is 59.4 Å². The average Bonchev–Trinajstić information content (AvgIpc) is 2.42. The number of hydrogen-bond acceptors (Lipinski definition) is 4. The SMILES string of the molecule is O=C(NN=Cc1ccc(O)cc1O)c1ccc(F)cc1. The zero-order valence-corrected chi connectivity index (χ0v) is 10.2. The number of carbonyl (C=O) groups is 1. The Hall–Kier alpha value is -2.89. The van der Waals surface area contributed by atoms with E-state index in [9.17, 15) is 14.3 Å². The Bertz CT molecular complexity index is 654. The van der Waals surface area contributed by atoms with Crippen molar-refractivity contribution < 1.29 is 19.4 Å². The molecule has 0 saturated heterocycles. The molecule has 2 aromatic carbocycles. The van der Waals surface area contributed by atoms with Gasteiger partial charge in [-0.3, -0.25) is 4.79 Å². The van der Waals surface area contributed by atoms with Gasteiger partial charge in [-0.05, 0) is 36.4 Å². The minimum atomic E-state index is -0.500. The van der Waals surface area contributed by atoms with Crippen LogP contribution in [-0.2, 0) is 0 Å². The first kappa shape index (κ1) is 13.5. The summed E-state index contributed by atoms with van der Waals surface area (Å²) in [6.07, 6.45) is 1.23. The van der Waals surface area contributed by atoms with Gasteiger partial charge in [0.15, 0.2) is 0 Å². The molecule has 6 heteroatoms. The highest BCUT2D eigenvalue weighted by molar-refractivity contribution is 5.95. The summed E-state index contributed by atoms with van der Waals surface area (Å²) in [5, 5.41) is 22.3. The van der Waals surface area contributed by atoms with Gasteiger partial charge in [0.1, 0.15) is 17.3 Å². The van der Waals surface area contributed by atoms with E-state index in [0.29, 0.717) is 5.56 Å². The molecule has 0 aliphatic carbocycles. The fourth-order valence-corrected chi connectivity index (χ4v) is 1.47. The predicted octanol–water partition coefficient (Wildman–Crippen LogP) is 2.00. The standard InChI is InChI=1S/C14H11FN2O3/c15-11-4-1-9(2-5-11)14(20)17-16-8-10-3-6-12(18)7-13(10)19/h1-8,18-19H,(H,17,20). The highest BCUT2D eigenvalue weighted by Gasteiger charge is 2.04. The van der Waals surface area contributed by atoms with E-state index in [4.69, 9.17) is 5.11 Å². The molecule has 1 amide bonds. The Morgan fingerprint density at radius 2 is 1.85 bits per heavy atom. The zero-order valence-electron chi connectivity index (χ0n) is 10.2. The number of amides is 1. The molecule has 0 saturated carbocycles. The van der Waals surface area contributed by atoms with E-state index in [1.54, 1.807) is 0 Å². The molecule has 102 valence electrons. The summed E-state index contributed by atoms with van der Waals surface area (Å²) in [6.45, 7) is 0. The normalized spacial score (nSPS) is 10.7. The number of carbonyl (C=O) groups excluding carboxylic acids is 1. The molecule has 0 radical (unpaired) electrons. The molecule has 2 rings (SSSR count). The van der Waals surface area contributed by atoms with Crippen molar-refractivity contribution in [2.45, 2.75) is 0 Å². The van der Waals surface area contributed by atoms with Gasteiger partial charge in [-0.25, -0.2) is 9.82 Å². The van der Waals surface area contributed by atoms with Crippen LogP contribution in [0, 0.1) is 5.82 Å². The summed E-state index contributed by atoms with van der Waals surface area (Å²) in [6, 6.07) is 8.98. The molecule has 0 atom stereocenters. The smallest absolute Gasteiger partial charge is 0.271 e. The van der Waals surface area contributed by atoms with Crippen LogP contribution in [0.15, 0.2) is 47.6 Å². The molecule has 5 nitrogen and oxygen atoms in total. The van der Waals surface area contributed by atoms with Crippen LogP contribution in [0.4, 0.5) is 4.39 Å². The minimum absolute atomic E-state index is 0.0741. The number of benzene rings is 2. The molecule has 0 spiro atoms. The molecule has 0 heterocycles. The van der Waals surface area contributed by atoms with Gasteiger partial charge in [-0.2, -0.15) is 5.10 Å². The van der Waals surface area contributed by atoms with Gasteiger partial charge in [0, 0.05) is 17.2 Å². The first-order valence-electron chi connectivity index (χ1n) is 5.67. The Morgan fingerprint density at radius 1 is 1.15 bits per heavy atom. The summed E-state index contributed by atoms with van der Waals surface area (Å²) in [5.41, 5.74) is 2.84. The van der Waals surface area contributed by atoms with Gasteiger partial charge in [-0.1, -0.05) is 0 Å². The predicted molar refractivity (Wildman–Crippen MR) is 71.2 cm³/mol. The second-order valence-corrected chi connectivity index (χ2v) is 3.95. The van der Waals surface area contributed by atoms with Crippen molar-refractivity contribution in [3.63, 3.8) is 0 Å². The van der Waals surface area contributed by atoms with Crippen LogP contribution in [0.25, 0.3) is 0 Å². The number of phenolic OH excluding ortho intramolecular Hbond substituents is 2.